The van der Waals surface area contributed by atoms with Crippen LogP contribution in [-0.4, -0.2) is 35.9 Å². The fraction of sp³-hybridized carbons (Fsp3) is 0.316. The lowest BCUT2D eigenvalue weighted by Gasteiger charge is -2.36. The number of hydrogen-bond acceptors (Lipinski definition) is 5. The predicted molar refractivity (Wildman–Crippen MR) is 89.7 cm³/mol. The third kappa shape index (κ3) is 3.53. The molecule has 6 heteroatoms. The highest BCUT2D eigenvalue weighted by molar-refractivity contribution is 5.71. The minimum absolute atomic E-state index is 0.218. The van der Waals surface area contributed by atoms with Crippen LogP contribution in [0.1, 0.15) is 11.1 Å². The van der Waals surface area contributed by atoms with Crippen molar-refractivity contribution in [3.8, 4) is 17.2 Å². The lowest BCUT2D eigenvalue weighted by atomic mass is 10.00. The zero-order valence-corrected chi connectivity index (χ0v) is 13.7. The third-order valence-corrected chi connectivity index (χ3v) is 4.48. The van der Waals surface area contributed by atoms with Crippen LogP contribution in [0.4, 0.5) is 0 Å². The fourth-order valence-corrected chi connectivity index (χ4v) is 3.00. The van der Waals surface area contributed by atoms with E-state index in [1.807, 2.05) is 42.5 Å². The Hall–Kier alpha value is -2.73. The average Bonchev–Trinajstić information content (AvgIpc) is 3.04. The number of nitrogens with zero attached hydrogens (tertiary/aromatic N) is 1. The van der Waals surface area contributed by atoms with Gasteiger partial charge in [0.1, 0.15) is 12.4 Å². The molecule has 1 saturated heterocycles. The molecule has 1 N–H and O–H groups in total. The van der Waals surface area contributed by atoms with Crippen LogP contribution in [0.25, 0.3) is 0 Å². The van der Waals surface area contributed by atoms with E-state index in [1.165, 1.54) is 0 Å². The van der Waals surface area contributed by atoms with Crippen molar-refractivity contribution in [2.24, 2.45) is 5.92 Å². The summed E-state index contributed by atoms with van der Waals surface area (Å²) in [6.45, 7) is 2.75. The second kappa shape index (κ2) is 6.64. The molecule has 1 fully saturated rings. The highest BCUT2D eigenvalue weighted by Crippen LogP contribution is 2.32. The molecule has 0 aliphatic carbocycles. The first kappa shape index (κ1) is 15.8. The fourth-order valence-electron chi connectivity index (χ4n) is 3.00. The Kier molecular flexibility index (Phi) is 4.19. The summed E-state index contributed by atoms with van der Waals surface area (Å²) in [5.74, 6) is 1.40. The first-order valence-corrected chi connectivity index (χ1v) is 8.23. The standard InChI is InChI=1S/C19H19NO5/c21-19(22)15-9-20(10-15)8-13-1-4-16(5-2-13)23-11-14-3-6-17-18(7-14)25-12-24-17/h1-7,15H,8-12H2,(H,21,22). The summed E-state index contributed by atoms with van der Waals surface area (Å²) in [7, 11) is 0. The van der Waals surface area contributed by atoms with Gasteiger partial charge in [-0.1, -0.05) is 18.2 Å². The van der Waals surface area contributed by atoms with E-state index in [0.29, 0.717) is 19.7 Å². The van der Waals surface area contributed by atoms with Crippen molar-refractivity contribution in [1.29, 1.82) is 0 Å². The molecule has 0 bridgehead atoms. The summed E-state index contributed by atoms with van der Waals surface area (Å²) in [4.78, 5) is 12.9. The maximum atomic E-state index is 10.8. The van der Waals surface area contributed by atoms with Crippen LogP contribution in [-0.2, 0) is 17.9 Å². The Balaban J connectivity index is 1.28. The molecule has 0 amide bonds. The van der Waals surface area contributed by atoms with Crippen LogP contribution in [0.3, 0.4) is 0 Å². The number of aliphatic carboxylic acids is 1. The highest BCUT2D eigenvalue weighted by Gasteiger charge is 2.32. The van der Waals surface area contributed by atoms with Crippen molar-refractivity contribution in [1.82, 2.24) is 4.90 Å². The van der Waals surface area contributed by atoms with Crippen LogP contribution < -0.4 is 14.2 Å². The van der Waals surface area contributed by atoms with Gasteiger partial charge >= 0.3 is 5.97 Å². The molecule has 0 radical (unpaired) electrons. The van der Waals surface area contributed by atoms with E-state index < -0.39 is 5.97 Å². The monoisotopic (exact) mass is 341 g/mol. The third-order valence-electron chi connectivity index (χ3n) is 4.48. The largest absolute Gasteiger partial charge is 0.489 e. The van der Waals surface area contributed by atoms with Gasteiger partial charge < -0.3 is 19.3 Å². The molecule has 0 unspecified atom stereocenters. The number of rotatable bonds is 6. The number of hydrogen-bond donors (Lipinski definition) is 1. The summed E-state index contributed by atoms with van der Waals surface area (Å²) in [6.07, 6.45) is 0. The summed E-state index contributed by atoms with van der Waals surface area (Å²) in [5, 5.41) is 8.90. The van der Waals surface area contributed by atoms with Gasteiger partial charge in [-0.2, -0.15) is 0 Å². The second-order valence-electron chi connectivity index (χ2n) is 6.35. The van der Waals surface area contributed by atoms with E-state index in [4.69, 9.17) is 19.3 Å². The summed E-state index contributed by atoms with van der Waals surface area (Å²) < 4.78 is 16.5. The van der Waals surface area contributed by atoms with Crippen molar-refractivity contribution in [2.45, 2.75) is 13.2 Å². The van der Waals surface area contributed by atoms with Gasteiger partial charge in [-0.05, 0) is 35.4 Å². The predicted octanol–water partition coefficient (Wildman–Crippen LogP) is 2.51. The van der Waals surface area contributed by atoms with Crippen LogP contribution >= 0.6 is 0 Å². The second-order valence-corrected chi connectivity index (χ2v) is 6.35. The van der Waals surface area contributed by atoms with Crippen LogP contribution in [0, 0.1) is 5.92 Å². The number of carbonyl (C=O) groups is 1. The number of benzene rings is 2. The van der Waals surface area contributed by atoms with Gasteiger partial charge in [0.25, 0.3) is 0 Å². The molecule has 0 atom stereocenters. The van der Waals surface area contributed by atoms with Gasteiger partial charge in [0.15, 0.2) is 11.5 Å². The average molecular weight is 341 g/mol. The SMILES string of the molecule is O=C(O)C1CN(Cc2ccc(OCc3ccc4c(c3)OCO4)cc2)C1. The van der Waals surface area contributed by atoms with Crippen molar-refractivity contribution in [3.63, 3.8) is 0 Å². The molecule has 25 heavy (non-hydrogen) atoms. The van der Waals surface area contributed by atoms with E-state index >= 15 is 0 Å². The number of carboxylic acids is 1. The van der Waals surface area contributed by atoms with Gasteiger partial charge in [-0.25, -0.2) is 0 Å². The molecule has 6 nitrogen and oxygen atoms in total. The first-order chi connectivity index (χ1) is 12.2. The maximum absolute atomic E-state index is 10.8. The van der Waals surface area contributed by atoms with Gasteiger partial charge in [0.05, 0.1) is 5.92 Å². The molecule has 4 rings (SSSR count). The lowest BCUT2D eigenvalue weighted by Crippen LogP contribution is -2.49. The molecule has 2 aromatic rings. The zero-order chi connectivity index (χ0) is 17.2. The van der Waals surface area contributed by atoms with E-state index in [-0.39, 0.29) is 12.7 Å². The summed E-state index contributed by atoms with van der Waals surface area (Å²) >= 11 is 0. The molecule has 2 aromatic carbocycles. The smallest absolute Gasteiger partial charge is 0.309 e. The summed E-state index contributed by atoms with van der Waals surface area (Å²) in [5.41, 5.74) is 2.17. The van der Waals surface area contributed by atoms with Crippen LogP contribution in [0.2, 0.25) is 0 Å². The van der Waals surface area contributed by atoms with Crippen molar-refractivity contribution in [3.05, 3.63) is 53.6 Å². The van der Waals surface area contributed by atoms with Gasteiger partial charge in [-0.3, -0.25) is 9.69 Å². The summed E-state index contributed by atoms with van der Waals surface area (Å²) in [6, 6.07) is 13.7. The Morgan fingerprint density at radius 2 is 1.80 bits per heavy atom. The number of likely N-dealkylation sites (tertiary alicyclic amines) is 1. The Labute approximate surface area is 145 Å². The molecule has 2 heterocycles. The van der Waals surface area contributed by atoms with Gasteiger partial charge in [-0.15, -0.1) is 0 Å². The van der Waals surface area contributed by atoms with E-state index in [2.05, 4.69) is 4.90 Å². The minimum Gasteiger partial charge on any atom is -0.489 e. The zero-order valence-electron chi connectivity index (χ0n) is 13.7. The maximum Gasteiger partial charge on any atom is 0.309 e. The normalized spacial score (nSPS) is 16.5. The number of fused-ring (bicyclic) bond motifs is 1. The highest BCUT2D eigenvalue weighted by atomic mass is 16.7. The Morgan fingerprint density at radius 3 is 2.56 bits per heavy atom. The topological polar surface area (TPSA) is 68.2 Å². The molecule has 130 valence electrons. The van der Waals surface area contributed by atoms with Crippen molar-refractivity contribution < 1.29 is 24.1 Å². The first-order valence-electron chi connectivity index (χ1n) is 8.23. The van der Waals surface area contributed by atoms with Crippen molar-refractivity contribution in [2.75, 3.05) is 19.9 Å². The lowest BCUT2D eigenvalue weighted by molar-refractivity contribution is -0.147. The number of carboxylic acid groups (broad SMARTS) is 1. The molecular formula is C19H19NO5. The molecule has 0 saturated carbocycles. The van der Waals surface area contributed by atoms with Gasteiger partial charge in [0, 0.05) is 19.6 Å². The Bertz CT molecular complexity index is 768. The van der Waals surface area contributed by atoms with E-state index in [9.17, 15) is 4.79 Å². The number of ether oxygens (including phenoxy) is 3. The van der Waals surface area contributed by atoms with Crippen molar-refractivity contribution >= 4 is 5.97 Å². The molecule has 2 aliphatic rings. The molecule has 2 aliphatic heterocycles. The van der Waals surface area contributed by atoms with Gasteiger partial charge in [0.2, 0.25) is 6.79 Å². The Morgan fingerprint density at radius 1 is 1.08 bits per heavy atom. The van der Waals surface area contributed by atoms with E-state index in [1.54, 1.807) is 0 Å². The molecule has 0 aromatic heterocycles. The quantitative estimate of drug-likeness (QED) is 0.871. The molecule has 0 spiro atoms. The molecular weight excluding hydrogens is 322 g/mol. The van der Waals surface area contributed by atoms with Crippen LogP contribution in [0.5, 0.6) is 17.2 Å². The van der Waals surface area contributed by atoms with E-state index in [0.717, 1.165) is 34.9 Å². The minimum atomic E-state index is -0.705. The van der Waals surface area contributed by atoms with Crippen LogP contribution in [0.15, 0.2) is 42.5 Å².